The third-order valence-corrected chi connectivity index (χ3v) is 6.49. The van der Waals surface area contributed by atoms with E-state index < -0.39 is 22.0 Å². The number of amides is 2. The van der Waals surface area contributed by atoms with Gasteiger partial charge in [-0.25, -0.2) is 8.42 Å². The molecular formula is C23H31N3O4S. The number of rotatable bonds is 8. The van der Waals surface area contributed by atoms with Crippen LogP contribution >= 0.6 is 0 Å². The van der Waals surface area contributed by atoms with E-state index in [1.807, 2.05) is 33.8 Å². The van der Waals surface area contributed by atoms with Crippen LogP contribution in [0.15, 0.2) is 42.5 Å². The Hall–Kier alpha value is -2.87. The average molecular weight is 446 g/mol. The molecule has 0 radical (unpaired) electrons. The summed E-state index contributed by atoms with van der Waals surface area (Å²) >= 11 is 0. The van der Waals surface area contributed by atoms with Crippen molar-refractivity contribution < 1.29 is 18.0 Å². The van der Waals surface area contributed by atoms with Crippen molar-refractivity contribution >= 4 is 33.2 Å². The first kappa shape index (κ1) is 24.4. The molecule has 2 atom stereocenters. The first-order chi connectivity index (χ1) is 14.5. The summed E-state index contributed by atoms with van der Waals surface area (Å²) in [7, 11) is -3.74. The molecule has 168 valence electrons. The van der Waals surface area contributed by atoms with Crippen LogP contribution < -0.4 is 14.9 Å². The second kappa shape index (κ2) is 9.96. The second-order valence-corrected chi connectivity index (χ2v) is 9.68. The lowest BCUT2D eigenvalue weighted by molar-refractivity contribution is -0.116. The van der Waals surface area contributed by atoms with Crippen molar-refractivity contribution in [3.05, 3.63) is 59.2 Å². The van der Waals surface area contributed by atoms with Gasteiger partial charge in [0.15, 0.2) is 0 Å². The van der Waals surface area contributed by atoms with Gasteiger partial charge < -0.3 is 10.6 Å². The molecule has 2 aromatic rings. The molecule has 0 aromatic heterocycles. The van der Waals surface area contributed by atoms with Gasteiger partial charge in [0.25, 0.3) is 5.91 Å². The lowest BCUT2D eigenvalue weighted by Gasteiger charge is -2.29. The molecule has 7 nitrogen and oxygen atoms in total. The smallest absolute Gasteiger partial charge is 0.253 e. The monoisotopic (exact) mass is 445 g/mol. The molecule has 0 saturated heterocycles. The van der Waals surface area contributed by atoms with Crippen molar-refractivity contribution in [2.24, 2.45) is 0 Å². The summed E-state index contributed by atoms with van der Waals surface area (Å²) in [5.41, 5.74) is 3.01. The number of carbonyl (C=O) groups is 2. The van der Waals surface area contributed by atoms with Crippen molar-refractivity contribution in [3.63, 3.8) is 0 Å². The van der Waals surface area contributed by atoms with Gasteiger partial charge in [-0.1, -0.05) is 25.1 Å². The van der Waals surface area contributed by atoms with Crippen molar-refractivity contribution in [1.82, 2.24) is 5.32 Å². The maximum atomic E-state index is 13.0. The Morgan fingerprint density at radius 2 is 1.68 bits per heavy atom. The molecule has 0 heterocycles. The van der Waals surface area contributed by atoms with Crippen LogP contribution in [0, 0.1) is 13.8 Å². The topological polar surface area (TPSA) is 95.6 Å². The van der Waals surface area contributed by atoms with E-state index in [9.17, 15) is 18.0 Å². The summed E-state index contributed by atoms with van der Waals surface area (Å²) in [6.45, 7) is 9.20. The Balaban J connectivity index is 2.33. The Labute approximate surface area is 184 Å². The van der Waals surface area contributed by atoms with Crippen LogP contribution in [0.4, 0.5) is 11.4 Å². The first-order valence-electron chi connectivity index (χ1n) is 10.2. The summed E-state index contributed by atoms with van der Waals surface area (Å²) < 4.78 is 26.2. The van der Waals surface area contributed by atoms with E-state index in [0.717, 1.165) is 28.1 Å². The number of sulfonamides is 1. The zero-order valence-corrected chi connectivity index (χ0v) is 19.7. The second-order valence-electron chi connectivity index (χ2n) is 7.82. The van der Waals surface area contributed by atoms with E-state index in [0.29, 0.717) is 16.9 Å². The highest BCUT2D eigenvalue weighted by atomic mass is 32.2. The minimum Gasteiger partial charge on any atom is -0.350 e. The van der Waals surface area contributed by atoms with Crippen molar-refractivity contribution in [3.8, 4) is 0 Å². The molecule has 0 saturated carbocycles. The quantitative estimate of drug-likeness (QED) is 0.649. The lowest BCUT2D eigenvalue weighted by atomic mass is 10.1. The highest BCUT2D eigenvalue weighted by molar-refractivity contribution is 7.92. The molecule has 2 rings (SSSR count). The highest BCUT2D eigenvalue weighted by Crippen LogP contribution is 2.25. The maximum absolute atomic E-state index is 13.0. The molecule has 0 aliphatic rings. The normalized spacial score (nSPS) is 13.2. The third-order valence-electron chi connectivity index (χ3n) is 5.25. The van der Waals surface area contributed by atoms with E-state index in [2.05, 4.69) is 10.6 Å². The molecule has 31 heavy (non-hydrogen) atoms. The molecule has 0 spiro atoms. The Kier molecular flexibility index (Phi) is 7.84. The molecule has 0 bridgehead atoms. The van der Waals surface area contributed by atoms with Crippen LogP contribution in [0.25, 0.3) is 0 Å². The predicted molar refractivity (Wildman–Crippen MR) is 125 cm³/mol. The van der Waals surface area contributed by atoms with E-state index in [1.54, 1.807) is 36.4 Å². The van der Waals surface area contributed by atoms with Gasteiger partial charge in [-0.05, 0) is 69.5 Å². The lowest BCUT2D eigenvalue weighted by Crippen LogP contribution is -2.45. The highest BCUT2D eigenvalue weighted by Gasteiger charge is 2.30. The number of carbonyl (C=O) groups excluding carboxylic acids is 2. The van der Waals surface area contributed by atoms with Crippen LogP contribution in [-0.2, 0) is 14.8 Å². The molecule has 0 unspecified atom stereocenters. The van der Waals surface area contributed by atoms with Gasteiger partial charge in [0.2, 0.25) is 15.9 Å². The number of para-hydroxylation sites is 1. The summed E-state index contributed by atoms with van der Waals surface area (Å²) in [4.78, 5) is 25.6. The third kappa shape index (κ3) is 6.07. The van der Waals surface area contributed by atoms with Crippen LogP contribution in [-0.4, -0.2) is 38.6 Å². The Bertz CT molecular complexity index is 1070. The summed E-state index contributed by atoms with van der Waals surface area (Å²) in [6, 6.07) is 10.9. The van der Waals surface area contributed by atoms with E-state index in [1.165, 1.54) is 6.92 Å². The minimum absolute atomic E-state index is 0.0133. The zero-order valence-electron chi connectivity index (χ0n) is 18.9. The van der Waals surface area contributed by atoms with Gasteiger partial charge in [0, 0.05) is 6.04 Å². The fraction of sp³-hybridized carbons (Fsp3) is 0.391. The largest absolute Gasteiger partial charge is 0.350 e. The predicted octanol–water partition coefficient (Wildman–Crippen LogP) is 3.62. The molecule has 8 heteroatoms. The van der Waals surface area contributed by atoms with Crippen molar-refractivity contribution in [1.29, 1.82) is 0 Å². The number of anilines is 2. The van der Waals surface area contributed by atoms with Gasteiger partial charge in [-0.15, -0.1) is 0 Å². The fourth-order valence-electron chi connectivity index (χ4n) is 3.10. The van der Waals surface area contributed by atoms with Gasteiger partial charge in [0.05, 0.1) is 23.2 Å². The summed E-state index contributed by atoms with van der Waals surface area (Å²) in [5.74, 6) is -0.834. The Morgan fingerprint density at radius 3 is 2.26 bits per heavy atom. The van der Waals surface area contributed by atoms with E-state index >= 15 is 0 Å². The number of aryl methyl sites for hydroxylation is 2. The van der Waals surface area contributed by atoms with E-state index in [-0.39, 0.29) is 11.9 Å². The van der Waals surface area contributed by atoms with Crippen LogP contribution in [0.2, 0.25) is 0 Å². The molecule has 2 aromatic carbocycles. The Morgan fingerprint density at radius 1 is 1.03 bits per heavy atom. The van der Waals surface area contributed by atoms with Gasteiger partial charge in [0.1, 0.15) is 6.04 Å². The maximum Gasteiger partial charge on any atom is 0.253 e. The number of hydrogen-bond donors (Lipinski definition) is 2. The molecule has 0 aliphatic heterocycles. The molecule has 2 N–H and O–H groups in total. The number of nitrogens with zero attached hydrogens (tertiary/aromatic N) is 1. The van der Waals surface area contributed by atoms with Crippen LogP contribution in [0.1, 0.15) is 48.7 Å². The number of benzene rings is 2. The van der Waals surface area contributed by atoms with Crippen LogP contribution in [0.5, 0.6) is 0 Å². The molecule has 0 aliphatic carbocycles. The minimum atomic E-state index is -3.74. The fourth-order valence-corrected chi connectivity index (χ4v) is 4.27. The molecular weight excluding hydrogens is 414 g/mol. The molecule has 2 amide bonds. The van der Waals surface area contributed by atoms with Gasteiger partial charge in [-0.2, -0.15) is 0 Å². The van der Waals surface area contributed by atoms with Crippen LogP contribution in [0.3, 0.4) is 0 Å². The van der Waals surface area contributed by atoms with Crippen molar-refractivity contribution in [2.75, 3.05) is 15.9 Å². The van der Waals surface area contributed by atoms with E-state index in [4.69, 9.17) is 0 Å². The zero-order chi connectivity index (χ0) is 23.3. The SMILES string of the molecule is CC[C@@H](C)NC(=O)c1ccccc1NC(=O)[C@H](C)N(c1ccc(C)c(C)c1)S(C)(=O)=O. The van der Waals surface area contributed by atoms with Gasteiger partial charge in [-0.3, -0.25) is 13.9 Å². The average Bonchev–Trinajstić information content (AvgIpc) is 2.69. The molecule has 0 fully saturated rings. The summed E-state index contributed by atoms with van der Waals surface area (Å²) in [6.07, 6.45) is 1.84. The number of nitrogens with one attached hydrogen (secondary N) is 2. The first-order valence-corrected chi connectivity index (χ1v) is 12.1. The van der Waals surface area contributed by atoms with Crippen molar-refractivity contribution in [2.45, 2.75) is 53.1 Å². The van der Waals surface area contributed by atoms with Gasteiger partial charge >= 0.3 is 0 Å². The number of hydrogen-bond acceptors (Lipinski definition) is 4. The standard InChI is InChI=1S/C23H31N3O4S/c1-7-17(4)24-23(28)20-10-8-9-11-21(20)25-22(27)18(5)26(31(6,29)30)19-13-12-15(2)16(3)14-19/h8-14,17-18H,7H2,1-6H3,(H,24,28)(H,25,27)/t17-,18+/m1/s1. The summed E-state index contributed by atoms with van der Waals surface area (Å²) in [5, 5.41) is 5.60.